The van der Waals surface area contributed by atoms with Gasteiger partial charge in [-0.05, 0) is 94.3 Å². The van der Waals surface area contributed by atoms with Crippen molar-refractivity contribution in [1.29, 1.82) is 0 Å². The zero-order chi connectivity index (χ0) is 28.1. The number of aromatic nitrogens is 1. The Balaban J connectivity index is 1.33. The molecule has 214 valence electrons. The number of unbranched alkanes of at least 4 members (excludes halogenated alkanes) is 2. The number of rotatable bonds is 12. The Morgan fingerprint density at radius 3 is 2.79 bits per heavy atom. The van der Waals surface area contributed by atoms with Gasteiger partial charge < -0.3 is 20.1 Å². The first-order valence-corrected chi connectivity index (χ1v) is 14.5. The third-order valence-electron chi connectivity index (χ3n) is 8.55. The number of fused-ring (bicyclic) bond motifs is 1. The number of carbonyl (C=O) groups is 1. The van der Waals surface area contributed by atoms with Crippen LogP contribution in [0.15, 0.2) is 24.3 Å². The van der Waals surface area contributed by atoms with Crippen LogP contribution >= 0.6 is 0 Å². The van der Waals surface area contributed by atoms with Crippen molar-refractivity contribution in [3.63, 3.8) is 0 Å². The lowest BCUT2D eigenvalue weighted by Crippen LogP contribution is -2.44. The molecule has 0 amide bonds. The molecule has 0 aliphatic carbocycles. The fourth-order valence-corrected chi connectivity index (χ4v) is 6.26. The van der Waals surface area contributed by atoms with Crippen LogP contribution in [-0.2, 0) is 17.6 Å². The number of nitrogens with one attached hydrogen (secondary N) is 1. The van der Waals surface area contributed by atoms with Crippen molar-refractivity contribution in [3.05, 3.63) is 52.5 Å². The maximum Gasteiger partial charge on any atom is 0.325 e. The summed E-state index contributed by atoms with van der Waals surface area (Å²) < 4.78 is 20.3. The fraction of sp³-hybridized carbons (Fsp3) is 0.613. The van der Waals surface area contributed by atoms with Crippen LogP contribution in [0.1, 0.15) is 87.2 Å². The van der Waals surface area contributed by atoms with Gasteiger partial charge in [-0.3, -0.25) is 9.69 Å². The van der Waals surface area contributed by atoms with Crippen molar-refractivity contribution in [1.82, 2.24) is 14.8 Å². The highest BCUT2D eigenvalue weighted by molar-refractivity contribution is 5.77. The minimum absolute atomic E-state index is 0.0127. The minimum atomic E-state index is -0.977. The molecule has 2 N–H and O–H groups in total. The average Bonchev–Trinajstić information content (AvgIpc) is 3.28. The maximum absolute atomic E-state index is 14.9. The second-order valence-electron chi connectivity index (χ2n) is 11.5. The highest BCUT2D eigenvalue weighted by Crippen LogP contribution is 2.39. The van der Waals surface area contributed by atoms with E-state index < -0.39 is 17.8 Å². The molecule has 0 saturated carbocycles. The van der Waals surface area contributed by atoms with Gasteiger partial charge in [0.25, 0.3) is 0 Å². The van der Waals surface area contributed by atoms with Crippen LogP contribution < -0.4 is 10.1 Å². The molecule has 0 bridgehead atoms. The molecule has 0 spiro atoms. The van der Waals surface area contributed by atoms with Gasteiger partial charge in [0.2, 0.25) is 0 Å². The van der Waals surface area contributed by atoms with E-state index in [1.54, 1.807) is 0 Å². The van der Waals surface area contributed by atoms with Gasteiger partial charge in [0.05, 0.1) is 7.11 Å². The smallest absolute Gasteiger partial charge is 0.325 e. The van der Waals surface area contributed by atoms with Gasteiger partial charge in [-0.25, -0.2) is 9.37 Å². The van der Waals surface area contributed by atoms with Crippen LogP contribution in [0, 0.1) is 5.82 Å². The minimum Gasteiger partial charge on any atom is -0.493 e. The predicted octanol–water partition coefficient (Wildman–Crippen LogP) is 5.64. The Morgan fingerprint density at radius 1 is 1.28 bits per heavy atom. The topological polar surface area (TPSA) is 77.9 Å². The molecule has 1 aromatic carbocycles. The number of halogens is 1. The van der Waals surface area contributed by atoms with Crippen molar-refractivity contribution in [3.8, 4) is 5.75 Å². The number of aliphatic carboxylic acids is 1. The van der Waals surface area contributed by atoms with Crippen LogP contribution in [0.3, 0.4) is 0 Å². The van der Waals surface area contributed by atoms with E-state index in [9.17, 15) is 14.3 Å². The molecule has 2 aromatic rings. The first-order valence-electron chi connectivity index (χ1n) is 14.5. The summed E-state index contributed by atoms with van der Waals surface area (Å²) in [6.07, 6.45) is 7.46. The third-order valence-corrected chi connectivity index (χ3v) is 8.55. The van der Waals surface area contributed by atoms with E-state index >= 15 is 0 Å². The zero-order valence-corrected chi connectivity index (χ0v) is 24.2. The van der Waals surface area contributed by atoms with E-state index in [1.165, 1.54) is 25.2 Å². The largest absolute Gasteiger partial charge is 0.493 e. The molecule has 8 heteroatoms. The number of methoxy groups -OCH3 is 1. The summed E-state index contributed by atoms with van der Waals surface area (Å²) in [6.45, 7) is 8.65. The van der Waals surface area contributed by atoms with E-state index in [4.69, 9.17) is 9.72 Å². The third kappa shape index (κ3) is 6.72. The number of ether oxygens (including phenoxy) is 1. The molecule has 39 heavy (non-hydrogen) atoms. The lowest BCUT2D eigenvalue weighted by Gasteiger charge is -2.34. The number of likely N-dealkylation sites (N-methyl/N-ethyl adjacent to an activating group) is 1. The van der Waals surface area contributed by atoms with E-state index in [0.717, 1.165) is 68.7 Å². The summed E-state index contributed by atoms with van der Waals surface area (Å²) >= 11 is 0. The van der Waals surface area contributed by atoms with Gasteiger partial charge in [-0.2, -0.15) is 0 Å². The lowest BCUT2D eigenvalue weighted by atomic mass is 9.95. The van der Waals surface area contributed by atoms with Crippen LogP contribution in [0.5, 0.6) is 5.75 Å². The number of hydrogen-bond donors (Lipinski definition) is 2. The molecular formula is C31H45FN4O3. The summed E-state index contributed by atoms with van der Waals surface area (Å²) in [5, 5.41) is 13.7. The molecule has 4 rings (SSSR count). The number of hydrogen-bond acceptors (Lipinski definition) is 6. The lowest BCUT2D eigenvalue weighted by molar-refractivity contribution is -0.144. The maximum atomic E-state index is 14.9. The number of carboxylic acids is 1. The predicted molar refractivity (Wildman–Crippen MR) is 153 cm³/mol. The number of benzene rings is 1. The first-order chi connectivity index (χ1) is 18.7. The Bertz CT molecular complexity index is 1140. The molecular weight excluding hydrogens is 495 g/mol. The number of carboxylic acid groups (broad SMARTS) is 1. The van der Waals surface area contributed by atoms with Crippen molar-refractivity contribution in [2.45, 2.75) is 89.8 Å². The second kappa shape index (κ2) is 13.1. The van der Waals surface area contributed by atoms with Crippen LogP contribution in [0.2, 0.25) is 0 Å². The van der Waals surface area contributed by atoms with Gasteiger partial charge in [0.15, 0.2) is 11.6 Å². The quantitative estimate of drug-likeness (QED) is 0.337. The van der Waals surface area contributed by atoms with E-state index in [0.29, 0.717) is 12.1 Å². The molecule has 1 aromatic heterocycles. The molecule has 3 atom stereocenters. The SMILES string of the molecule is COc1c(F)cc(C(C)C)cc1[C@@H](C(=O)O)N1CC[C@@H](N(C)CCCCCc2ccc3c(n2)NCCC3)[C@H]1C. The summed E-state index contributed by atoms with van der Waals surface area (Å²) in [5.41, 5.74) is 3.66. The van der Waals surface area contributed by atoms with Crippen LogP contribution in [0.25, 0.3) is 0 Å². The summed E-state index contributed by atoms with van der Waals surface area (Å²) in [5.74, 6) is -0.315. The molecule has 1 saturated heterocycles. The summed E-state index contributed by atoms with van der Waals surface area (Å²) in [6, 6.07) is 6.95. The number of pyridine rings is 1. The van der Waals surface area contributed by atoms with Crippen LogP contribution in [-0.4, -0.2) is 71.7 Å². The molecule has 0 radical (unpaired) electrons. The summed E-state index contributed by atoms with van der Waals surface area (Å²) in [4.78, 5) is 21.7. The van der Waals surface area contributed by atoms with Crippen LogP contribution in [0.4, 0.5) is 10.2 Å². The molecule has 3 heterocycles. The molecule has 2 aliphatic heterocycles. The molecule has 2 aliphatic rings. The molecule has 0 unspecified atom stereocenters. The van der Waals surface area contributed by atoms with Gasteiger partial charge in [0.1, 0.15) is 11.9 Å². The average molecular weight is 541 g/mol. The van der Waals surface area contributed by atoms with Crippen molar-refractivity contribution >= 4 is 11.8 Å². The van der Waals surface area contributed by atoms with Gasteiger partial charge in [-0.1, -0.05) is 26.3 Å². The number of nitrogens with zero attached hydrogens (tertiary/aromatic N) is 3. The first kappa shape index (κ1) is 29.3. The normalized spacial score (nSPS) is 20.2. The number of aryl methyl sites for hydroxylation is 2. The highest BCUT2D eigenvalue weighted by Gasteiger charge is 2.42. The van der Waals surface area contributed by atoms with E-state index in [1.807, 2.05) is 24.8 Å². The Hall–Kier alpha value is -2.71. The monoisotopic (exact) mass is 540 g/mol. The Kier molecular flexibility index (Phi) is 9.83. The molecule has 7 nitrogen and oxygen atoms in total. The fourth-order valence-electron chi connectivity index (χ4n) is 6.26. The van der Waals surface area contributed by atoms with Gasteiger partial charge in [0, 0.05) is 36.4 Å². The van der Waals surface area contributed by atoms with Crippen molar-refractivity contribution < 1.29 is 19.0 Å². The second-order valence-corrected chi connectivity index (χ2v) is 11.5. The highest BCUT2D eigenvalue weighted by atomic mass is 19.1. The Morgan fingerprint density at radius 2 is 2.08 bits per heavy atom. The molecule has 1 fully saturated rings. The van der Waals surface area contributed by atoms with Crippen molar-refractivity contribution in [2.75, 3.05) is 39.1 Å². The number of anilines is 1. The standard InChI is InChI=1S/C31H45FN4O3/c1-20(2)23-18-25(29(39-5)26(32)19-23)28(31(37)38)36-17-14-27(21(36)3)35(4)16-8-6-7-11-24-13-12-22-10-9-15-33-30(22)34-24/h12-13,18-21,27-28H,6-11,14-17H2,1-5H3,(H,33,34)(H,37,38)/t21-,27-,28+/m1/s1. The van der Waals surface area contributed by atoms with Gasteiger partial charge in [-0.15, -0.1) is 0 Å². The summed E-state index contributed by atoms with van der Waals surface area (Å²) in [7, 11) is 3.54. The Labute approximate surface area is 232 Å². The van der Waals surface area contributed by atoms with E-state index in [2.05, 4.69) is 36.3 Å². The van der Waals surface area contributed by atoms with Crippen molar-refractivity contribution in [2.24, 2.45) is 0 Å². The zero-order valence-electron chi connectivity index (χ0n) is 24.2. The number of likely N-dealkylation sites (tertiary alicyclic amines) is 1. The van der Waals surface area contributed by atoms with Gasteiger partial charge >= 0.3 is 5.97 Å². The van der Waals surface area contributed by atoms with E-state index in [-0.39, 0.29) is 23.8 Å².